The van der Waals surface area contributed by atoms with Crippen LogP contribution < -0.4 is 15.5 Å². The topological polar surface area (TPSA) is 116 Å². The second kappa shape index (κ2) is 12.5. The first kappa shape index (κ1) is 27.1. The van der Waals surface area contributed by atoms with Crippen LogP contribution in [0.1, 0.15) is 53.6 Å². The molecular formula is C28H27BrN4O5. The van der Waals surface area contributed by atoms with Crippen molar-refractivity contribution in [3.8, 4) is 11.8 Å². The fourth-order valence-electron chi connectivity index (χ4n) is 4.45. The normalized spacial score (nSPS) is 16.3. The lowest BCUT2D eigenvalue weighted by atomic mass is 10.0. The van der Waals surface area contributed by atoms with Crippen LogP contribution in [0.15, 0.2) is 46.9 Å². The summed E-state index contributed by atoms with van der Waals surface area (Å²) in [6.07, 6.45) is 2.63. The summed E-state index contributed by atoms with van der Waals surface area (Å²) in [5.41, 5.74) is 2.77. The van der Waals surface area contributed by atoms with Crippen LogP contribution in [-0.4, -0.2) is 54.1 Å². The molecular weight excluding hydrogens is 552 g/mol. The minimum absolute atomic E-state index is 0.144. The van der Waals surface area contributed by atoms with Crippen LogP contribution in [0.3, 0.4) is 0 Å². The van der Waals surface area contributed by atoms with Crippen molar-refractivity contribution in [1.29, 1.82) is 0 Å². The molecule has 0 saturated carbocycles. The van der Waals surface area contributed by atoms with E-state index in [4.69, 9.17) is 0 Å². The van der Waals surface area contributed by atoms with Crippen molar-refractivity contribution in [3.63, 3.8) is 0 Å². The zero-order chi connectivity index (χ0) is 27.1. The summed E-state index contributed by atoms with van der Waals surface area (Å²) in [6, 6.07) is 12.0. The first-order valence-electron chi connectivity index (χ1n) is 12.4. The van der Waals surface area contributed by atoms with Gasteiger partial charge in [-0.25, -0.2) is 0 Å². The molecule has 38 heavy (non-hydrogen) atoms. The van der Waals surface area contributed by atoms with Gasteiger partial charge in [-0.2, -0.15) is 0 Å². The fraction of sp³-hybridized carbons (Fsp3) is 0.321. The highest BCUT2D eigenvalue weighted by molar-refractivity contribution is 9.10. The maximum atomic E-state index is 12.9. The lowest BCUT2D eigenvalue weighted by Crippen LogP contribution is -2.52. The summed E-state index contributed by atoms with van der Waals surface area (Å²) in [5.74, 6) is 5.09. The van der Waals surface area contributed by atoms with Gasteiger partial charge >= 0.3 is 0 Å². The Balaban J connectivity index is 1.23. The Morgan fingerprint density at radius 1 is 1.18 bits per heavy atom. The van der Waals surface area contributed by atoms with Gasteiger partial charge < -0.3 is 15.1 Å². The molecule has 0 aliphatic carbocycles. The second-order valence-corrected chi connectivity index (χ2v) is 9.93. The molecule has 10 heteroatoms. The van der Waals surface area contributed by atoms with Crippen LogP contribution in [0.5, 0.6) is 0 Å². The molecule has 5 amide bonds. The van der Waals surface area contributed by atoms with Crippen molar-refractivity contribution in [2.75, 3.05) is 18.0 Å². The number of carbonyl (C=O) groups excluding carboxylic acids is 5. The van der Waals surface area contributed by atoms with Crippen LogP contribution in [0, 0.1) is 11.8 Å². The predicted octanol–water partition coefficient (Wildman–Crippen LogP) is 2.51. The zero-order valence-corrected chi connectivity index (χ0v) is 22.3. The number of benzene rings is 2. The Kier molecular flexibility index (Phi) is 8.92. The number of nitrogens with one attached hydrogen (secondary N) is 2. The Morgan fingerprint density at radius 2 is 1.97 bits per heavy atom. The third-order valence-corrected chi connectivity index (χ3v) is 7.00. The van der Waals surface area contributed by atoms with E-state index >= 15 is 0 Å². The van der Waals surface area contributed by atoms with Gasteiger partial charge in [-0.05, 0) is 54.8 Å². The van der Waals surface area contributed by atoms with Crippen LogP contribution >= 0.6 is 15.9 Å². The van der Waals surface area contributed by atoms with Gasteiger partial charge in [0.05, 0.1) is 0 Å². The van der Waals surface area contributed by atoms with E-state index in [9.17, 15) is 24.0 Å². The number of rotatable bonds is 9. The quantitative estimate of drug-likeness (QED) is 0.205. The summed E-state index contributed by atoms with van der Waals surface area (Å²) in [5, 5.41) is 5.15. The third kappa shape index (κ3) is 6.47. The Morgan fingerprint density at radius 3 is 2.71 bits per heavy atom. The molecule has 2 aromatic carbocycles. The number of carbonyl (C=O) groups is 5. The van der Waals surface area contributed by atoms with Crippen molar-refractivity contribution in [2.45, 2.75) is 44.7 Å². The van der Waals surface area contributed by atoms with E-state index < -0.39 is 11.9 Å². The molecule has 4 rings (SSSR count). The highest BCUT2D eigenvalue weighted by atomic mass is 79.9. The van der Waals surface area contributed by atoms with Gasteiger partial charge in [0.2, 0.25) is 24.1 Å². The average molecular weight is 579 g/mol. The molecule has 196 valence electrons. The number of nitrogens with zero attached hydrogens (tertiary/aromatic N) is 2. The minimum Gasteiger partial charge on any atom is -0.356 e. The van der Waals surface area contributed by atoms with Crippen LogP contribution in [0.4, 0.5) is 5.69 Å². The highest BCUT2D eigenvalue weighted by Gasteiger charge is 2.39. The summed E-state index contributed by atoms with van der Waals surface area (Å²) in [4.78, 5) is 63.2. The molecule has 2 aromatic rings. The molecule has 2 heterocycles. The largest absolute Gasteiger partial charge is 0.356 e. The van der Waals surface area contributed by atoms with Gasteiger partial charge in [-0.15, -0.1) is 0 Å². The Bertz CT molecular complexity index is 1310. The standard InChI is InChI=1S/C28H27BrN4O5/c29-20-8-10-21(11-9-20)32(18-34)16-14-25(35)30-15-3-1-2-5-19-6-4-7-22-23(19)17-33(28(22)38)24-12-13-26(36)31-27(24)37/h4,6-11,18,24H,1,3,12-17H2,(H,30,35)(H,31,36,37). The first-order chi connectivity index (χ1) is 18.4. The molecule has 0 spiro atoms. The molecule has 1 unspecified atom stereocenters. The third-order valence-electron chi connectivity index (χ3n) is 6.47. The number of unbranched alkanes of at least 4 members (excludes halogenated alkanes) is 1. The zero-order valence-electron chi connectivity index (χ0n) is 20.7. The summed E-state index contributed by atoms with van der Waals surface area (Å²) < 4.78 is 0.910. The van der Waals surface area contributed by atoms with Gasteiger partial charge in [0.15, 0.2) is 0 Å². The van der Waals surface area contributed by atoms with Crippen molar-refractivity contribution in [3.05, 3.63) is 63.6 Å². The van der Waals surface area contributed by atoms with Crippen molar-refractivity contribution in [1.82, 2.24) is 15.5 Å². The number of halogens is 1. The molecule has 0 radical (unpaired) electrons. The number of imide groups is 1. The average Bonchev–Trinajstić information content (AvgIpc) is 3.24. The van der Waals surface area contributed by atoms with E-state index in [1.807, 2.05) is 18.2 Å². The molecule has 0 aromatic heterocycles. The molecule has 0 bridgehead atoms. The van der Waals surface area contributed by atoms with E-state index in [2.05, 4.69) is 38.4 Å². The van der Waals surface area contributed by atoms with Crippen LogP contribution in [0.2, 0.25) is 0 Å². The minimum atomic E-state index is -0.662. The fourth-order valence-corrected chi connectivity index (χ4v) is 4.72. The summed E-state index contributed by atoms with van der Waals surface area (Å²) in [6.45, 7) is 1.02. The number of fused-ring (bicyclic) bond motifs is 1. The van der Waals surface area contributed by atoms with Gasteiger partial charge in [-0.1, -0.05) is 33.8 Å². The number of hydrogen-bond acceptors (Lipinski definition) is 5. The molecule has 1 saturated heterocycles. The van der Waals surface area contributed by atoms with E-state index in [0.29, 0.717) is 37.8 Å². The van der Waals surface area contributed by atoms with Crippen LogP contribution in [0.25, 0.3) is 0 Å². The highest BCUT2D eigenvalue weighted by Crippen LogP contribution is 2.29. The maximum Gasteiger partial charge on any atom is 0.255 e. The van der Waals surface area contributed by atoms with Gasteiger partial charge in [0, 0.05) is 60.2 Å². The van der Waals surface area contributed by atoms with Crippen molar-refractivity contribution < 1.29 is 24.0 Å². The molecule has 1 fully saturated rings. The van der Waals surface area contributed by atoms with E-state index in [1.165, 1.54) is 9.80 Å². The molecule has 1 atom stereocenters. The number of amides is 5. The number of anilines is 1. The predicted molar refractivity (Wildman–Crippen MR) is 144 cm³/mol. The second-order valence-electron chi connectivity index (χ2n) is 9.01. The number of hydrogen-bond donors (Lipinski definition) is 2. The maximum absolute atomic E-state index is 12.9. The molecule has 2 aliphatic heterocycles. The Hall–Kier alpha value is -3.97. The molecule has 9 nitrogen and oxygen atoms in total. The summed E-state index contributed by atoms with van der Waals surface area (Å²) in [7, 11) is 0. The lowest BCUT2D eigenvalue weighted by Gasteiger charge is -2.29. The number of piperidine rings is 1. The monoisotopic (exact) mass is 578 g/mol. The van der Waals surface area contributed by atoms with Crippen LogP contribution in [-0.2, 0) is 25.7 Å². The lowest BCUT2D eigenvalue weighted by molar-refractivity contribution is -0.137. The van der Waals surface area contributed by atoms with Gasteiger partial charge in [-0.3, -0.25) is 29.3 Å². The molecule has 2 N–H and O–H groups in total. The molecule has 2 aliphatic rings. The van der Waals surface area contributed by atoms with E-state index in [1.54, 1.807) is 24.3 Å². The van der Waals surface area contributed by atoms with E-state index in [0.717, 1.165) is 21.3 Å². The SMILES string of the molecule is O=CN(CCC(=O)NCCCC#Cc1cccc2c1CN(C1CCC(=O)NC1=O)C2=O)c1ccc(Br)cc1. The van der Waals surface area contributed by atoms with E-state index in [-0.39, 0.29) is 43.7 Å². The summed E-state index contributed by atoms with van der Waals surface area (Å²) >= 11 is 3.36. The first-order valence-corrected chi connectivity index (χ1v) is 13.2. The Labute approximate surface area is 229 Å². The van der Waals surface area contributed by atoms with Gasteiger partial charge in [0.1, 0.15) is 6.04 Å². The van der Waals surface area contributed by atoms with Gasteiger partial charge in [0.25, 0.3) is 5.91 Å². The van der Waals surface area contributed by atoms with Crippen molar-refractivity contribution >= 4 is 51.7 Å². The smallest absolute Gasteiger partial charge is 0.255 e. The van der Waals surface area contributed by atoms with Crippen molar-refractivity contribution in [2.24, 2.45) is 0 Å².